The van der Waals surface area contributed by atoms with Gasteiger partial charge < -0.3 is 5.73 Å². The molecule has 0 radical (unpaired) electrons. The smallest absolute Gasteiger partial charge is 0.299 e. The summed E-state index contributed by atoms with van der Waals surface area (Å²) in [5, 5.41) is 0. The van der Waals surface area contributed by atoms with Crippen LogP contribution in [0.3, 0.4) is 0 Å². The van der Waals surface area contributed by atoms with Gasteiger partial charge in [0.2, 0.25) is 0 Å². The van der Waals surface area contributed by atoms with Gasteiger partial charge in [0.1, 0.15) is 0 Å². The molecule has 0 atom stereocenters. The Balaban J connectivity index is 2.76. The van der Waals surface area contributed by atoms with E-state index in [0.717, 1.165) is 5.56 Å². The van der Waals surface area contributed by atoms with Crippen LogP contribution in [0.4, 0.5) is 5.69 Å². The third-order valence-corrected chi connectivity index (χ3v) is 3.20. The summed E-state index contributed by atoms with van der Waals surface area (Å²) in [6.45, 7) is 4.58. The molecule has 1 rings (SSSR count). The van der Waals surface area contributed by atoms with Gasteiger partial charge in [-0.25, -0.2) is 0 Å². The van der Waals surface area contributed by atoms with Gasteiger partial charge >= 0.3 is 0 Å². The summed E-state index contributed by atoms with van der Waals surface area (Å²) in [4.78, 5) is 0. The second-order valence-corrected chi connectivity index (χ2v) is 5.71. The molecule has 0 aliphatic heterocycles. The normalized spacial score (nSPS) is 11.8. The number of hydrogen-bond donors (Lipinski definition) is 3. The third kappa shape index (κ3) is 4.72. The van der Waals surface area contributed by atoms with Gasteiger partial charge in [0, 0.05) is 13.1 Å². The fraction of sp³-hybridized carbons (Fsp3) is 0.455. The van der Waals surface area contributed by atoms with E-state index in [1.54, 1.807) is 18.2 Å². The molecule has 96 valence electrons. The van der Waals surface area contributed by atoms with Gasteiger partial charge in [0.05, 0.1) is 5.69 Å². The lowest BCUT2D eigenvalue weighted by molar-refractivity contribution is 0.565. The largest absolute Gasteiger partial charge is 0.326 e. The van der Waals surface area contributed by atoms with E-state index in [9.17, 15) is 8.42 Å². The van der Waals surface area contributed by atoms with Crippen molar-refractivity contribution in [3.63, 3.8) is 0 Å². The number of benzene rings is 1. The minimum absolute atomic E-state index is 0.260. The van der Waals surface area contributed by atoms with E-state index in [2.05, 4.69) is 9.44 Å². The molecule has 1 aromatic rings. The van der Waals surface area contributed by atoms with E-state index in [4.69, 9.17) is 5.73 Å². The molecular weight excluding hydrogens is 238 g/mol. The molecule has 0 aliphatic carbocycles. The van der Waals surface area contributed by atoms with Gasteiger partial charge in [-0.2, -0.15) is 13.1 Å². The van der Waals surface area contributed by atoms with Crippen molar-refractivity contribution < 1.29 is 8.42 Å². The van der Waals surface area contributed by atoms with Crippen molar-refractivity contribution in [3.8, 4) is 0 Å². The Hall–Kier alpha value is -1.11. The number of rotatable bonds is 6. The maximum Gasteiger partial charge on any atom is 0.299 e. The summed E-state index contributed by atoms with van der Waals surface area (Å²) in [7, 11) is -3.52. The first-order chi connectivity index (χ1) is 7.94. The average Bonchev–Trinajstić information content (AvgIpc) is 2.27. The molecule has 0 saturated carbocycles. The molecule has 0 bridgehead atoms. The molecule has 6 heteroatoms. The van der Waals surface area contributed by atoms with Crippen LogP contribution < -0.4 is 15.2 Å². The highest BCUT2D eigenvalue weighted by molar-refractivity contribution is 7.90. The molecule has 4 N–H and O–H groups in total. The Kier molecular flexibility index (Phi) is 4.92. The number of anilines is 1. The summed E-state index contributed by atoms with van der Waals surface area (Å²) in [5.41, 5.74) is 6.82. The fourth-order valence-corrected chi connectivity index (χ4v) is 2.37. The topological polar surface area (TPSA) is 84.2 Å². The number of para-hydroxylation sites is 1. The standard InChI is InChI=1S/C11H19N3O2S/c1-9(2)8-13-17(15,16)14-11-6-4-3-5-10(11)7-12/h3-6,9,13-14H,7-8,12H2,1-2H3. The number of hydrogen-bond acceptors (Lipinski definition) is 3. The Morgan fingerprint density at radius 1 is 1.29 bits per heavy atom. The van der Waals surface area contributed by atoms with Crippen molar-refractivity contribution in [2.24, 2.45) is 11.7 Å². The van der Waals surface area contributed by atoms with Gasteiger partial charge in [0.15, 0.2) is 0 Å². The second kappa shape index (κ2) is 6.00. The highest BCUT2D eigenvalue weighted by Crippen LogP contribution is 2.15. The average molecular weight is 257 g/mol. The van der Waals surface area contributed by atoms with E-state index >= 15 is 0 Å². The zero-order valence-corrected chi connectivity index (χ0v) is 10.9. The summed E-state index contributed by atoms with van der Waals surface area (Å²) in [5.74, 6) is 0.260. The zero-order valence-electron chi connectivity index (χ0n) is 10.1. The summed E-state index contributed by atoms with van der Waals surface area (Å²) < 4.78 is 28.4. The van der Waals surface area contributed by atoms with Gasteiger partial charge in [-0.15, -0.1) is 0 Å². The summed E-state index contributed by atoms with van der Waals surface area (Å²) in [6.07, 6.45) is 0. The quantitative estimate of drug-likeness (QED) is 0.712. The fourth-order valence-electron chi connectivity index (χ4n) is 1.26. The first-order valence-electron chi connectivity index (χ1n) is 5.50. The van der Waals surface area contributed by atoms with E-state index in [0.29, 0.717) is 18.8 Å². The van der Waals surface area contributed by atoms with Crippen LogP contribution in [0.5, 0.6) is 0 Å². The maximum absolute atomic E-state index is 11.7. The van der Waals surface area contributed by atoms with Crippen LogP contribution in [0.1, 0.15) is 19.4 Å². The zero-order chi connectivity index (χ0) is 12.9. The van der Waals surface area contributed by atoms with Crippen LogP contribution in [-0.2, 0) is 16.8 Å². The monoisotopic (exact) mass is 257 g/mol. The second-order valence-electron chi connectivity index (χ2n) is 4.21. The molecule has 0 amide bonds. The Morgan fingerprint density at radius 3 is 2.53 bits per heavy atom. The van der Waals surface area contributed by atoms with Crippen LogP contribution in [-0.4, -0.2) is 15.0 Å². The maximum atomic E-state index is 11.7. The van der Waals surface area contributed by atoms with E-state index in [-0.39, 0.29) is 5.92 Å². The minimum atomic E-state index is -3.52. The van der Waals surface area contributed by atoms with Crippen molar-refractivity contribution in [3.05, 3.63) is 29.8 Å². The molecule has 0 aromatic heterocycles. The van der Waals surface area contributed by atoms with Crippen molar-refractivity contribution in [1.82, 2.24) is 4.72 Å². The molecule has 0 unspecified atom stereocenters. The van der Waals surface area contributed by atoms with Crippen LogP contribution in [0.25, 0.3) is 0 Å². The van der Waals surface area contributed by atoms with Gasteiger partial charge in [-0.05, 0) is 17.5 Å². The van der Waals surface area contributed by atoms with Crippen LogP contribution in [0, 0.1) is 5.92 Å². The van der Waals surface area contributed by atoms with Crippen molar-refractivity contribution in [2.75, 3.05) is 11.3 Å². The van der Waals surface area contributed by atoms with Crippen LogP contribution in [0.2, 0.25) is 0 Å². The molecule has 0 fully saturated rings. The predicted molar refractivity (Wildman–Crippen MR) is 69.7 cm³/mol. The molecule has 1 aromatic carbocycles. The van der Waals surface area contributed by atoms with E-state index in [1.807, 2.05) is 19.9 Å². The third-order valence-electron chi connectivity index (χ3n) is 2.16. The molecule has 0 aliphatic rings. The lowest BCUT2D eigenvalue weighted by Crippen LogP contribution is -2.33. The number of nitrogens with one attached hydrogen (secondary N) is 2. The van der Waals surface area contributed by atoms with E-state index in [1.165, 1.54) is 0 Å². The predicted octanol–water partition coefficient (Wildman–Crippen LogP) is 1.05. The Labute approximate surface area is 103 Å². The molecule has 17 heavy (non-hydrogen) atoms. The SMILES string of the molecule is CC(C)CNS(=O)(=O)Nc1ccccc1CN. The first-order valence-corrected chi connectivity index (χ1v) is 6.98. The lowest BCUT2D eigenvalue weighted by Gasteiger charge is -2.13. The molecule has 0 heterocycles. The van der Waals surface area contributed by atoms with Crippen molar-refractivity contribution in [1.29, 1.82) is 0 Å². The van der Waals surface area contributed by atoms with Gasteiger partial charge in [-0.1, -0.05) is 32.0 Å². The highest BCUT2D eigenvalue weighted by atomic mass is 32.2. The van der Waals surface area contributed by atoms with Crippen molar-refractivity contribution in [2.45, 2.75) is 20.4 Å². The van der Waals surface area contributed by atoms with Crippen LogP contribution >= 0.6 is 0 Å². The lowest BCUT2D eigenvalue weighted by atomic mass is 10.2. The molecule has 0 saturated heterocycles. The number of nitrogens with two attached hydrogens (primary N) is 1. The Morgan fingerprint density at radius 2 is 1.94 bits per heavy atom. The molecule has 5 nitrogen and oxygen atoms in total. The summed E-state index contributed by atoms with van der Waals surface area (Å²) >= 11 is 0. The molecule has 0 spiro atoms. The Bertz CT molecular complexity index is 458. The minimum Gasteiger partial charge on any atom is -0.326 e. The van der Waals surface area contributed by atoms with E-state index < -0.39 is 10.2 Å². The first kappa shape index (κ1) is 14.0. The van der Waals surface area contributed by atoms with Crippen LogP contribution in [0.15, 0.2) is 24.3 Å². The summed E-state index contributed by atoms with van der Waals surface area (Å²) in [6, 6.07) is 7.07. The molecular formula is C11H19N3O2S. The highest BCUT2D eigenvalue weighted by Gasteiger charge is 2.11. The van der Waals surface area contributed by atoms with Crippen molar-refractivity contribution >= 4 is 15.9 Å². The van der Waals surface area contributed by atoms with Gasteiger partial charge in [0.25, 0.3) is 10.2 Å². The van der Waals surface area contributed by atoms with Gasteiger partial charge in [-0.3, -0.25) is 4.72 Å².